The molecule has 4 aromatic rings. The average Bonchev–Trinajstić information content (AvgIpc) is 2.66. The van der Waals surface area contributed by atoms with Crippen molar-refractivity contribution in [1.29, 1.82) is 0 Å². The van der Waals surface area contributed by atoms with Crippen LogP contribution in [0.15, 0.2) is 76.5 Å². The minimum absolute atomic E-state index is 0.0134. The van der Waals surface area contributed by atoms with E-state index in [0.29, 0.717) is 5.69 Å². The maximum absolute atomic E-state index is 11.8. The van der Waals surface area contributed by atoms with Crippen LogP contribution in [0.1, 0.15) is 0 Å². The number of aromatic hydroxyl groups is 1. The third-order valence-electron chi connectivity index (χ3n) is 4.63. The van der Waals surface area contributed by atoms with E-state index in [1.54, 1.807) is 12.1 Å². The van der Waals surface area contributed by atoms with Crippen LogP contribution >= 0.6 is 0 Å². The molecule has 0 radical (unpaired) electrons. The van der Waals surface area contributed by atoms with Gasteiger partial charge in [0.15, 0.2) is 0 Å². The molecule has 0 unspecified atom stereocenters. The lowest BCUT2D eigenvalue weighted by molar-refractivity contribution is 0.471. The van der Waals surface area contributed by atoms with Gasteiger partial charge in [0.25, 0.3) is 20.2 Å². The molecular formula is C20H15NO7S2. The maximum atomic E-state index is 11.8. The zero-order valence-electron chi connectivity index (χ0n) is 15.1. The quantitative estimate of drug-likeness (QED) is 0.346. The van der Waals surface area contributed by atoms with E-state index in [0.717, 1.165) is 35.0 Å². The number of phenols is 1. The van der Waals surface area contributed by atoms with Crippen LogP contribution < -0.4 is 5.32 Å². The first-order chi connectivity index (χ1) is 14.0. The molecule has 0 amide bonds. The molecule has 0 aliphatic rings. The van der Waals surface area contributed by atoms with Crippen LogP contribution in [-0.2, 0) is 20.2 Å². The standard InChI is InChI=1S/C20H15NO7S2/c22-19-11-15(30(26,27)28)9-13-8-14(29(23,24)25)10-18(20(13)19)21-17-7-3-5-12-4-1-2-6-16(12)17/h1-11,21-22H,(H,23,24,25)(H,26,27,28). The van der Waals surface area contributed by atoms with Gasteiger partial charge in [-0.05, 0) is 35.0 Å². The lowest BCUT2D eigenvalue weighted by Gasteiger charge is -2.15. The Morgan fingerprint density at radius 1 is 0.667 bits per heavy atom. The predicted molar refractivity (Wildman–Crippen MR) is 112 cm³/mol. The van der Waals surface area contributed by atoms with Crippen molar-refractivity contribution in [1.82, 2.24) is 0 Å². The zero-order valence-corrected chi connectivity index (χ0v) is 16.8. The molecule has 0 spiro atoms. The second-order valence-electron chi connectivity index (χ2n) is 6.61. The van der Waals surface area contributed by atoms with Crippen molar-refractivity contribution in [2.75, 3.05) is 5.32 Å². The number of fused-ring (bicyclic) bond motifs is 2. The largest absolute Gasteiger partial charge is 0.507 e. The lowest BCUT2D eigenvalue weighted by Crippen LogP contribution is -2.02. The van der Waals surface area contributed by atoms with E-state index in [-0.39, 0.29) is 16.5 Å². The summed E-state index contributed by atoms with van der Waals surface area (Å²) in [6, 6.07) is 16.9. The lowest BCUT2D eigenvalue weighted by atomic mass is 10.1. The Morgan fingerprint density at radius 2 is 1.27 bits per heavy atom. The Morgan fingerprint density at radius 3 is 1.93 bits per heavy atom. The normalized spacial score (nSPS) is 12.3. The van der Waals surface area contributed by atoms with Gasteiger partial charge in [-0.15, -0.1) is 0 Å². The number of hydrogen-bond acceptors (Lipinski definition) is 6. The minimum Gasteiger partial charge on any atom is -0.507 e. The highest BCUT2D eigenvalue weighted by Crippen LogP contribution is 2.39. The Kier molecular flexibility index (Phi) is 4.66. The van der Waals surface area contributed by atoms with Crippen LogP contribution in [-0.4, -0.2) is 31.0 Å². The van der Waals surface area contributed by atoms with Crippen LogP contribution in [0.3, 0.4) is 0 Å². The van der Waals surface area contributed by atoms with Gasteiger partial charge in [-0.25, -0.2) is 0 Å². The predicted octanol–water partition coefficient (Wildman–Crippen LogP) is 3.94. The summed E-state index contributed by atoms with van der Waals surface area (Å²) in [7, 11) is -9.30. The molecule has 30 heavy (non-hydrogen) atoms. The average molecular weight is 445 g/mol. The van der Waals surface area contributed by atoms with Crippen LogP contribution in [0.4, 0.5) is 11.4 Å². The molecule has 0 atom stereocenters. The summed E-state index contributed by atoms with van der Waals surface area (Å²) in [4.78, 5) is -1.12. The fourth-order valence-corrected chi connectivity index (χ4v) is 4.39. The minimum atomic E-state index is -4.66. The van der Waals surface area contributed by atoms with Crippen molar-refractivity contribution in [2.24, 2.45) is 0 Å². The summed E-state index contributed by atoms with van der Waals surface area (Å²) in [5.41, 5.74) is 0.719. The van der Waals surface area contributed by atoms with E-state index < -0.39 is 35.8 Å². The molecule has 0 aliphatic carbocycles. The van der Waals surface area contributed by atoms with Crippen molar-refractivity contribution in [2.45, 2.75) is 9.79 Å². The molecule has 0 saturated carbocycles. The third-order valence-corrected chi connectivity index (χ3v) is 6.29. The summed E-state index contributed by atoms with van der Waals surface area (Å²) in [6.45, 7) is 0. The van der Waals surface area contributed by atoms with Gasteiger partial charge in [-0.2, -0.15) is 16.8 Å². The van der Waals surface area contributed by atoms with Crippen molar-refractivity contribution in [3.63, 3.8) is 0 Å². The summed E-state index contributed by atoms with van der Waals surface area (Å²) in [6.07, 6.45) is 0. The van der Waals surface area contributed by atoms with Gasteiger partial charge in [0.1, 0.15) is 5.75 Å². The Balaban J connectivity index is 2.02. The van der Waals surface area contributed by atoms with Crippen molar-refractivity contribution in [3.05, 3.63) is 66.7 Å². The van der Waals surface area contributed by atoms with Crippen LogP contribution in [0.5, 0.6) is 5.75 Å². The number of anilines is 2. The first kappa shape index (κ1) is 20.1. The molecule has 0 bridgehead atoms. The molecule has 4 aromatic carbocycles. The Hall–Kier alpha value is -3.18. The summed E-state index contributed by atoms with van der Waals surface area (Å²) >= 11 is 0. The third kappa shape index (κ3) is 3.68. The van der Waals surface area contributed by atoms with Crippen molar-refractivity contribution in [3.8, 4) is 5.75 Å². The van der Waals surface area contributed by atoms with Gasteiger partial charge < -0.3 is 10.4 Å². The molecule has 0 aromatic heterocycles. The molecule has 0 fully saturated rings. The van der Waals surface area contributed by atoms with E-state index in [9.17, 15) is 31.0 Å². The number of benzene rings is 4. The number of phenolic OH excluding ortho intramolecular Hbond substituents is 1. The highest BCUT2D eigenvalue weighted by Gasteiger charge is 2.20. The SMILES string of the molecule is O=S(=O)(O)c1cc(O)c2c(Nc3cccc4ccccc34)cc(S(=O)(=O)O)cc2c1. The second kappa shape index (κ2) is 6.96. The number of nitrogens with one attached hydrogen (secondary N) is 1. The Bertz CT molecular complexity index is 1520. The molecule has 10 heteroatoms. The molecule has 4 N–H and O–H groups in total. The summed E-state index contributed by atoms with van der Waals surface area (Å²) in [5.74, 6) is -0.496. The molecule has 154 valence electrons. The van der Waals surface area contributed by atoms with Gasteiger partial charge in [-0.3, -0.25) is 9.11 Å². The number of hydrogen-bond donors (Lipinski definition) is 4. The van der Waals surface area contributed by atoms with E-state index in [2.05, 4.69) is 5.32 Å². The highest BCUT2D eigenvalue weighted by atomic mass is 32.2. The second-order valence-corrected chi connectivity index (χ2v) is 9.46. The van der Waals surface area contributed by atoms with Gasteiger partial charge in [0.2, 0.25) is 0 Å². The Labute approximate surface area is 171 Å². The van der Waals surface area contributed by atoms with Crippen LogP contribution in [0, 0.1) is 0 Å². The van der Waals surface area contributed by atoms with Gasteiger partial charge in [0.05, 0.1) is 15.5 Å². The van der Waals surface area contributed by atoms with Crippen molar-refractivity contribution >= 4 is 53.2 Å². The molecule has 4 rings (SSSR count). The van der Waals surface area contributed by atoms with E-state index in [4.69, 9.17) is 0 Å². The van der Waals surface area contributed by atoms with Gasteiger partial charge in [-0.1, -0.05) is 36.4 Å². The molecular weight excluding hydrogens is 430 g/mol. The summed E-state index contributed by atoms with van der Waals surface area (Å²) in [5, 5.41) is 15.3. The van der Waals surface area contributed by atoms with E-state index >= 15 is 0 Å². The van der Waals surface area contributed by atoms with Crippen LogP contribution in [0.25, 0.3) is 21.5 Å². The zero-order chi connectivity index (χ0) is 21.7. The highest BCUT2D eigenvalue weighted by molar-refractivity contribution is 7.86. The molecule has 0 aliphatic heterocycles. The van der Waals surface area contributed by atoms with Gasteiger partial charge >= 0.3 is 0 Å². The van der Waals surface area contributed by atoms with Crippen molar-refractivity contribution < 1.29 is 31.0 Å². The van der Waals surface area contributed by atoms with E-state index in [1.165, 1.54) is 0 Å². The maximum Gasteiger partial charge on any atom is 0.294 e. The smallest absolute Gasteiger partial charge is 0.294 e. The molecule has 0 heterocycles. The van der Waals surface area contributed by atoms with E-state index in [1.807, 2.05) is 30.3 Å². The molecule has 0 saturated heterocycles. The first-order valence-corrected chi connectivity index (χ1v) is 11.4. The fourth-order valence-electron chi connectivity index (χ4n) is 3.31. The van der Waals surface area contributed by atoms with Crippen LogP contribution in [0.2, 0.25) is 0 Å². The summed E-state index contributed by atoms with van der Waals surface area (Å²) < 4.78 is 65.3. The fraction of sp³-hybridized carbons (Fsp3) is 0. The topological polar surface area (TPSA) is 141 Å². The molecule has 8 nitrogen and oxygen atoms in total. The monoisotopic (exact) mass is 445 g/mol. The van der Waals surface area contributed by atoms with Gasteiger partial charge in [0, 0.05) is 22.5 Å². The number of rotatable bonds is 4. The first-order valence-electron chi connectivity index (χ1n) is 8.54.